The van der Waals surface area contributed by atoms with Gasteiger partial charge in [-0.05, 0) is 50.3 Å². The molecule has 0 aromatic heterocycles. The molecule has 0 heterocycles. The molecule has 192 valence electrons. The van der Waals surface area contributed by atoms with E-state index in [1.807, 2.05) is 71.0 Å². The first kappa shape index (κ1) is 28.4. The molecule has 2 atom stereocenters. The first-order valence-electron chi connectivity index (χ1n) is 12.2. The first-order chi connectivity index (χ1) is 16.5. The third-order valence-corrected chi connectivity index (χ3v) is 7.27. The zero-order chi connectivity index (χ0) is 26.2. The Morgan fingerprint density at radius 3 is 2.26 bits per heavy atom. The Balaban J connectivity index is 2.48. The van der Waals surface area contributed by atoms with Crippen molar-refractivity contribution in [2.75, 3.05) is 17.1 Å². The van der Waals surface area contributed by atoms with Crippen LogP contribution in [0.1, 0.15) is 57.2 Å². The van der Waals surface area contributed by atoms with Crippen molar-refractivity contribution in [3.63, 3.8) is 0 Å². The highest BCUT2D eigenvalue weighted by Gasteiger charge is 2.32. The van der Waals surface area contributed by atoms with Gasteiger partial charge in [0, 0.05) is 12.6 Å². The van der Waals surface area contributed by atoms with E-state index in [4.69, 9.17) is 0 Å². The minimum atomic E-state index is -3.75. The molecule has 8 heteroatoms. The fourth-order valence-electron chi connectivity index (χ4n) is 4.02. The predicted molar refractivity (Wildman–Crippen MR) is 142 cm³/mol. The second-order valence-electron chi connectivity index (χ2n) is 9.00. The van der Waals surface area contributed by atoms with E-state index in [1.54, 1.807) is 12.1 Å². The van der Waals surface area contributed by atoms with Gasteiger partial charge in [0.15, 0.2) is 0 Å². The number of carbonyl (C=O) groups excluding carboxylic acids is 2. The van der Waals surface area contributed by atoms with Crippen molar-refractivity contribution < 1.29 is 18.0 Å². The van der Waals surface area contributed by atoms with Crippen molar-refractivity contribution in [1.82, 2.24) is 10.2 Å². The van der Waals surface area contributed by atoms with Crippen LogP contribution in [-0.4, -0.2) is 50.0 Å². The second kappa shape index (κ2) is 12.7. The van der Waals surface area contributed by atoms with Gasteiger partial charge in [-0.25, -0.2) is 8.42 Å². The van der Waals surface area contributed by atoms with E-state index >= 15 is 0 Å². The van der Waals surface area contributed by atoms with Gasteiger partial charge in [-0.1, -0.05) is 68.8 Å². The van der Waals surface area contributed by atoms with E-state index < -0.39 is 22.0 Å². The number of anilines is 1. The van der Waals surface area contributed by atoms with Crippen LogP contribution in [-0.2, 0) is 32.6 Å². The van der Waals surface area contributed by atoms with Crippen molar-refractivity contribution in [3.05, 3.63) is 65.2 Å². The normalized spacial score (nSPS) is 13.1. The van der Waals surface area contributed by atoms with E-state index in [0.29, 0.717) is 18.5 Å². The van der Waals surface area contributed by atoms with Gasteiger partial charge in [-0.15, -0.1) is 0 Å². The van der Waals surface area contributed by atoms with Gasteiger partial charge in [0.1, 0.15) is 12.6 Å². The average molecular weight is 502 g/mol. The molecule has 0 bridgehead atoms. The highest BCUT2D eigenvalue weighted by atomic mass is 32.2. The van der Waals surface area contributed by atoms with Crippen molar-refractivity contribution in [1.29, 1.82) is 0 Å². The molecule has 7 nitrogen and oxygen atoms in total. The number of rotatable bonds is 12. The molecule has 0 fully saturated rings. The van der Waals surface area contributed by atoms with Crippen molar-refractivity contribution >= 4 is 27.5 Å². The van der Waals surface area contributed by atoms with Gasteiger partial charge in [0.2, 0.25) is 21.8 Å². The van der Waals surface area contributed by atoms with Crippen molar-refractivity contribution in [2.24, 2.45) is 0 Å². The van der Waals surface area contributed by atoms with Gasteiger partial charge in [0.05, 0.1) is 11.9 Å². The molecule has 0 unspecified atom stereocenters. The number of hydrogen-bond acceptors (Lipinski definition) is 4. The third kappa shape index (κ3) is 7.82. The lowest BCUT2D eigenvalue weighted by Gasteiger charge is -2.33. The van der Waals surface area contributed by atoms with E-state index in [1.165, 1.54) is 4.90 Å². The molecule has 0 radical (unpaired) electrons. The molecule has 35 heavy (non-hydrogen) atoms. The highest BCUT2D eigenvalue weighted by molar-refractivity contribution is 7.92. The molecule has 0 aliphatic carbocycles. The van der Waals surface area contributed by atoms with Crippen LogP contribution >= 0.6 is 0 Å². The Bertz CT molecular complexity index is 1120. The average Bonchev–Trinajstić information content (AvgIpc) is 2.81. The van der Waals surface area contributed by atoms with Crippen LogP contribution in [0.25, 0.3) is 0 Å². The fourth-order valence-corrected chi connectivity index (χ4v) is 4.90. The van der Waals surface area contributed by atoms with E-state index in [9.17, 15) is 18.0 Å². The lowest BCUT2D eigenvalue weighted by Crippen LogP contribution is -2.53. The summed E-state index contributed by atoms with van der Waals surface area (Å²) in [6.07, 6.45) is 2.90. The molecule has 0 saturated heterocycles. The smallest absolute Gasteiger partial charge is 0.244 e. The van der Waals surface area contributed by atoms with Gasteiger partial charge < -0.3 is 10.2 Å². The lowest BCUT2D eigenvalue weighted by molar-refractivity contribution is -0.140. The zero-order valence-electron chi connectivity index (χ0n) is 21.7. The molecule has 0 saturated carbocycles. The summed E-state index contributed by atoms with van der Waals surface area (Å²) >= 11 is 0. The van der Waals surface area contributed by atoms with Crippen molar-refractivity contribution in [2.45, 2.75) is 72.5 Å². The molecule has 2 amide bonds. The number of sulfonamides is 1. The molecule has 0 aliphatic heterocycles. The summed E-state index contributed by atoms with van der Waals surface area (Å²) in [6.45, 7) is 9.50. The standard InChI is InChI=1S/C27H39N3O4S/c1-7-21(5)28-27(32)24(9-3)29(18-22-14-12-13-20(4)17-22)26(31)19-30(35(6,33)34)25-16-11-10-15-23(25)8-2/h10-17,21,24H,7-9,18-19H2,1-6H3,(H,28,32)/t21-,24-/m1/s1. The molecule has 2 aromatic rings. The van der Waals surface area contributed by atoms with Crippen LogP contribution in [0.2, 0.25) is 0 Å². The molecule has 2 rings (SSSR count). The van der Waals surface area contributed by atoms with Crippen molar-refractivity contribution in [3.8, 4) is 0 Å². The Morgan fingerprint density at radius 2 is 1.69 bits per heavy atom. The Morgan fingerprint density at radius 1 is 1.00 bits per heavy atom. The number of benzene rings is 2. The lowest BCUT2D eigenvalue weighted by atomic mass is 10.1. The maximum absolute atomic E-state index is 13.8. The fraction of sp³-hybridized carbons (Fsp3) is 0.481. The summed E-state index contributed by atoms with van der Waals surface area (Å²) in [4.78, 5) is 28.4. The van der Waals surface area contributed by atoms with Crippen LogP contribution in [0, 0.1) is 6.92 Å². The van der Waals surface area contributed by atoms with Crippen LogP contribution in [0.5, 0.6) is 0 Å². The quantitative estimate of drug-likeness (QED) is 0.475. The summed E-state index contributed by atoms with van der Waals surface area (Å²) in [5, 5.41) is 2.98. The minimum absolute atomic E-state index is 0.0311. The summed E-state index contributed by atoms with van der Waals surface area (Å²) in [6, 6.07) is 14.2. The Hall–Kier alpha value is -2.87. The van der Waals surface area contributed by atoms with Gasteiger partial charge in [-0.3, -0.25) is 13.9 Å². The molecule has 0 aliphatic rings. The SMILES string of the molecule is CCc1ccccc1N(CC(=O)N(Cc1cccc(C)c1)[C@H](CC)C(=O)N[C@H](C)CC)S(C)(=O)=O. The summed E-state index contributed by atoms with van der Waals surface area (Å²) < 4.78 is 26.7. The molecular formula is C27H39N3O4S. The zero-order valence-corrected chi connectivity index (χ0v) is 22.6. The number of nitrogens with zero attached hydrogens (tertiary/aromatic N) is 2. The number of nitrogens with one attached hydrogen (secondary N) is 1. The summed E-state index contributed by atoms with van der Waals surface area (Å²) in [5.41, 5.74) is 3.24. The van der Waals surface area contributed by atoms with Gasteiger partial charge in [-0.2, -0.15) is 0 Å². The van der Waals surface area contributed by atoms with Gasteiger partial charge >= 0.3 is 0 Å². The molecule has 2 aromatic carbocycles. The summed E-state index contributed by atoms with van der Waals surface area (Å²) in [5.74, 6) is -0.656. The van der Waals surface area contributed by atoms with E-state index in [-0.39, 0.29) is 25.0 Å². The first-order valence-corrected chi connectivity index (χ1v) is 14.1. The third-order valence-electron chi connectivity index (χ3n) is 6.14. The van der Waals surface area contributed by atoms with E-state index in [0.717, 1.165) is 33.7 Å². The van der Waals surface area contributed by atoms with Crippen LogP contribution in [0.15, 0.2) is 48.5 Å². The van der Waals surface area contributed by atoms with Crippen LogP contribution in [0.4, 0.5) is 5.69 Å². The van der Waals surface area contributed by atoms with Crippen LogP contribution < -0.4 is 9.62 Å². The minimum Gasteiger partial charge on any atom is -0.352 e. The topological polar surface area (TPSA) is 86.8 Å². The second-order valence-corrected chi connectivity index (χ2v) is 10.9. The number of amides is 2. The maximum Gasteiger partial charge on any atom is 0.244 e. The number of aryl methyl sites for hydroxylation is 2. The highest BCUT2D eigenvalue weighted by Crippen LogP contribution is 2.24. The molecular weight excluding hydrogens is 462 g/mol. The predicted octanol–water partition coefficient (Wildman–Crippen LogP) is 4.05. The Kier molecular flexibility index (Phi) is 10.3. The molecule has 0 spiro atoms. The van der Waals surface area contributed by atoms with Gasteiger partial charge in [0.25, 0.3) is 0 Å². The summed E-state index contributed by atoms with van der Waals surface area (Å²) in [7, 11) is -3.75. The Labute approximate surface area is 210 Å². The van der Waals surface area contributed by atoms with E-state index in [2.05, 4.69) is 5.32 Å². The number of hydrogen-bond donors (Lipinski definition) is 1. The number of carbonyl (C=O) groups is 2. The number of para-hydroxylation sites is 1. The largest absolute Gasteiger partial charge is 0.352 e. The monoisotopic (exact) mass is 501 g/mol. The molecule has 1 N–H and O–H groups in total. The van der Waals surface area contributed by atoms with Crippen LogP contribution in [0.3, 0.4) is 0 Å². The maximum atomic E-state index is 13.8.